The van der Waals surface area contributed by atoms with Gasteiger partial charge in [-0.15, -0.1) is 0 Å². The molecule has 13 heavy (non-hydrogen) atoms. The summed E-state index contributed by atoms with van der Waals surface area (Å²) < 4.78 is 0. The van der Waals surface area contributed by atoms with Crippen molar-refractivity contribution in [3.05, 3.63) is 0 Å². The van der Waals surface area contributed by atoms with Crippen molar-refractivity contribution in [3.8, 4) is 0 Å². The van der Waals surface area contributed by atoms with E-state index in [1.54, 1.807) is 0 Å². The maximum atomic E-state index is 10.6. The Balaban J connectivity index is 2.37. The minimum atomic E-state index is -0.546. The highest BCUT2D eigenvalue weighted by molar-refractivity contribution is 5.91. The third kappa shape index (κ3) is 1.01. The fourth-order valence-corrected chi connectivity index (χ4v) is 2.75. The van der Waals surface area contributed by atoms with Crippen molar-refractivity contribution >= 4 is 5.71 Å². The summed E-state index contributed by atoms with van der Waals surface area (Å²) >= 11 is 0. The molecule has 2 unspecified atom stereocenters. The Bertz CT molecular complexity index is 257. The number of aliphatic hydroxyl groups is 1. The summed E-state index contributed by atoms with van der Waals surface area (Å²) in [7, 11) is 0. The zero-order valence-corrected chi connectivity index (χ0v) is 8.80. The Morgan fingerprint density at radius 2 is 2.08 bits per heavy atom. The van der Waals surface area contributed by atoms with Crippen molar-refractivity contribution in [3.63, 3.8) is 0 Å². The molecule has 0 bridgehead atoms. The van der Waals surface area contributed by atoms with Crippen LogP contribution in [-0.4, -0.2) is 22.5 Å². The molecule has 2 aliphatic rings. The van der Waals surface area contributed by atoms with Crippen molar-refractivity contribution in [2.75, 3.05) is 0 Å². The van der Waals surface area contributed by atoms with Gasteiger partial charge in [0.05, 0.1) is 11.6 Å². The number of nitrogens with zero attached hydrogens (tertiary/aromatic N) is 1. The van der Waals surface area contributed by atoms with Crippen molar-refractivity contribution in [2.45, 2.75) is 58.1 Å². The van der Waals surface area contributed by atoms with E-state index in [9.17, 15) is 5.11 Å². The molecule has 2 atom stereocenters. The fourth-order valence-electron chi connectivity index (χ4n) is 2.75. The number of hydrogen-bond donors (Lipinski definition) is 1. The molecule has 1 aliphatic heterocycles. The third-order valence-corrected chi connectivity index (χ3v) is 4.17. The van der Waals surface area contributed by atoms with Crippen LogP contribution in [0.1, 0.15) is 46.5 Å². The summed E-state index contributed by atoms with van der Waals surface area (Å²) in [5.41, 5.74) is 0.467. The standard InChI is InChI=1S/C11H19NO/c1-8-10(2,3)11(13)7-5-4-6-9(11)12-8/h9,13H,4-7H2,1-3H3. The van der Waals surface area contributed by atoms with Gasteiger partial charge in [-0.1, -0.05) is 26.7 Å². The summed E-state index contributed by atoms with van der Waals surface area (Å²) in [6.07, 6.45) is 4.36. The number of hydrogen-bond acceptors (Lipinski definition) is 2. The highest BCUT2D eigenvalue weighted by Gasteiger charge is 2.55. The zero-order chi connectivity index (χ0) is 9.69. The van der Waals surface area contributed by atoms with Crippen LogP contribution >= 0.6 is 0 Å². The number of fused-ring (bicyclic) bond motifs is 1. The highest BCUT2D eigenvalue weighted by Crippen LogP contribution is 2.48. The number of aliphatic imine (C=N–C) groups is 1. The largest absolute Gasteiger partial charge is 0.387 e. The van der Waals surface area contributed by atoms with E-state index in [-0.39, 0.29) is 11.5 Å². The molecule has 1 fully saturated rings. The Morgan fingerprint density at radius 1 is 1.38 bits per heavy atom. The van der Waals surface area contributed by atoms with E-state index in [0.29, 0.717) is 0 Å². The van der Waals surface area contributed by atoms with Crippen LogP contribution in [0.4, 0.5) is 0 Å². The third-order valence-electron chi connectivity index (χ3n) is 4.17. The molecule has 2 rings (SSSR count). The van der Waals surface area contributed by atoms with Gasteiger partial charge in [0, 0.05) is 11.1 Å². The summed E-state index contributed by atoms with van der Waals surface area (Å²) in [4.78, 5) is 4.60. The monoisotopic (exact) mass is 181 g/mol. The molecule has 1 saturated carbocycles. The van der Waals surface area contributed by atoms with Gasteiger partial charge in [0.2, 0.25) is 0 Å². The van der Waals surface area contributed by atoms with Gasteiger partial charge < -0.3 is 5.11 Å². The van der Waals surface area contributed by atoms with Crippen LogP contribution in [0, 0.1) is 5.41 Å². The predicted molar refractivity (Wildman–Crippen MR) is 54.1 cm³/mol. The van der Waals surface area contributed by atoms with E-state index in [4.69, 9.17) is 0 Å². The molecule has 0 aromatic carbocycles. The van der Waals surface area contributed by atoms with Gasteiger partial charge in [-0.25, -0.2) is 0 Å². The van der Waals surface area contributed by atoms with Crippen LogP contribution in [-0.2, 0) is 0 Å². The number of rotatable bonds is 0. The topological polar surface area (TPSA) is 32.6 Å². The average Bonchev–Trinajstić information content (AvgIpc) is 2.24. The normalized spacial score (nSPS) is 42.8. The van der Waals surface area contributed by atoms with Gasteiger partial charge in [-0.2, -0.15) is 0 Å². The molecule has 2 nitrogen and oxygen atoms in total. The average molecular weight is 181 g/mol. The Labute approximate surface area is 80.1 Å². The van der Waals surface area contributed by atoms with Gasteiger partial charge in [0.25, 0.3) is 0 Å². The highest BCUT2D eigenvalue weighted by atomic mass is 16.3. The maximum Gasteiger partial charge on any atom is 0.0972 e. The summed E-state index contributed by atoms with van der Waals surface area (Å²) in [6, 6.07) is 0.177. The van der Waals surface area contributed by atoms with Gasteiger partial charge in [-0.3, -0.25) is 4.99 Å². The molecule has 74 valence electrons. The Kier molecular flexibility index (Phi) is 1.82. The SMILES string of the molecule is CC1=NC2CCCCC2(O)C1(C)C. The second-order valence-electron chi connectivity index (χ2n) is 5.03. The lowest BCUT2D eigenvalue weighted by Gasteiger charge is -2.43. The van der Waals surface area contributed by atoms with Gasteiger partial charge >= 0.3 is 0 Å². The summed E-state index contributed by atoms with van der Waals surface area (Å²) in [5.74, 6) is 0. The van der Waals surface area contributed by atoms with Crippen LogP contribution < -0.4 is 0 Å². The van der Waals surface area contributed by atoms with Gasteiger partial charge in [0.1, 0.15) is 0 Å². The molecule has 0 spiro atoms. The van der Waals surface area contributed by atoms with Crippen LogP contribution in [0.25, 0.3) is 0 Å². The lowest BCUT2D eigenvalue weighted by molar-refractivity contribution is -0.0639. The van der Waals surface area contributed by atoms with Gasteiger partial charge in [0.15, 0.2) is 0 Å². The minimum absolute atomic E-state index is 0.113. The Morgan fingerprint density at radius 3 is 2.69 bits per heavy atom. The first kappa shape index (κ1) is 9.20. The minimum Gasteiger partial charge on any atom is -0.387 e. The first-order chi connectivity index (χ1) is 5.98. The van der Waals surface area contributed by atoms with Crippen LogP contribution in [0.5, 0.6) is 0 Å². The predicted octanol–water partition coefficient (Wildman–Crippen LogP) is 2.16. The molecule has 2 heteroatoms. The van der Waals surface area contributed by atoms with E-state index in [1.807, 2.05) is 0 Å². The van der Waals surface area contributed by atoms with Gasteiger partial charge in [-0.05, 0) is 19.8 Å². The van der Waals surface area contributed by atoms with Crippen LogP contribution in [0.3, 0.4) is 0 Å². The molecule has 0 amide bonds. The van der Waals surface area contributed by atoms with Crippen LogP contribution in [0.15, 0.2) is 4.99 Å². The summed E-state index contributed by atoms with van der Waals surface area (Å²) in [5, 5.41) is 10.6. The molecule has 1 aliphatic carbocycles. The summed E-state index contributed by atoms with van der Waals surface area (Å²) in [6.45, 7) is 6.30. The zero-order valence-electron chi connectivity index (χ0n) is 8.80. The fraction of sp³-hybridized carbons (Fsp3) is 0.909. The molecular formula is C11H19NO. The van der Waals surface area contributed by atoms with Crippen molar-refractivity contribution in [1.82, 2.24) is 0 Å². The molecule has 1 N–H and O–H groups in total. The second-order valence-corrected chi connectivity index (χ2v) is 5.03. The molecule has 0 aromatic heterocycles. The van der Waals surface area contributed by atoms with E-state index < -0.39 is 5.60 Å². The molecule has 0 saturated heterocycles. The first-order valence-electron chi connectivity index (χ1n) is 5.26. The van der Waals surface area contributed by atoms with Crippen molar-refractivity contribution < 1.29 is 5.11 Å². The van der Waals surface area contributed by atoms with E-state index in [1.165, 1.54) is 6.42 Å². The van der Waals surface area contributed by atoms with Crippen LogP contribution in [0.2, 0.25) is 0 Å². The Hall–Kier alpha value is -0.370. The van der Waals surface area contributed by atoms with E-state index >= 15 is 0 Å². The maximum absolute atomic E-state index is 10.6. The lowest BCUT2D eigenvalue weighted by atomic mass is 9.65. The van der Waals surface area contributed by atoms with Crippen molar-refractivity contribution in [2.24, 2.45) is 10.4 Å². The quantitative estimate of drug-likeness (QED) is 0.610. The second kappa shape index (κ2) is 2.57. The first-order valence-corrected chi connectivity index (χ1v) is 5.26. The van der Waals surface area contributed by atoms with E-state index in [2.05, 4.69) is 25.8 Å². The molecular weight excluding hydrogens is 162 g/mol. The molecule has 1 heterocycles. The van der Waals surface area contributed by atoms with Crippen molar-refractivity contribution in [1.29, 1.82) is 0 Å². The van der Waals surface area contributed by atoms with E-state index in [0.717, 1.165) is 25.0 Å². The smallest absolute Gasteiger partial charge is 0.0972 e. The molecule has 0 radical (unpaired) electrons. The lowest BCUT2D eigenvalue weighted by Crippen LogP contribution is -2.52. The molecule has 0 aromatic rings.